The van der Waals surface area contributed by atoms with Gasteiger partial charge in [0.1, 0.15) is 29.1 Å². The molecular formula is C32H32N2O6S. The Kier molecular flexibility index (Phi) is 7.73. The van der Waals surface area contributed by atoms with E-state index in [1.165, 1.54) is 32.6 Å². The minimum absolute atomic E-state index is 0.183. The minimum Gasteiger partial charge on any atom is -0.497 e. The van der Waals surface area contributed by atoms with Crippen LogP contribution in [0.3, 0.4) is 0 Å². The number of rotatable bonds is 7. The zero-order chi connectivity index (χ0) is 29.4. The predicted molar refractivity (Wildman–Crippen MR) is 158 cm³/mol. The SMILES string of the molecule is CCOC(=O)C1=C(C)N=c2s/c(=C\c3ccc(-c4cc(C)c(C)c(C)c4)o3)c(=O)n2C1c1cc(OC)ccc1OC. The number of furan rings is 1. The normalized spacial score (nSPS) is 15.0. The molecule has 41 heavy (non-hydrogen) atoms. The van der Waals surface area contributed by atoms with Gasteiger partial charge in [0.15, 0.2) is 4.80 Å². The molecule has 1 unspecified atom stereocenters. The highest BCUT2D eigenvalue weighted by molar-refractivity contribution is 7.07. The molecule has 9 heteroatoms. The molecule has 1 aliphatic rings. The van der Waals surface area contributed by atoms with Crippen LogP contribution in [-0.2, 0) is 9.53 Å². The van der Waals surface area contributed by atoms with Crippen molar-refractivity contribution in [1.29, 1.82) is 0 Å². The summed E-state index contributed by atoms with van der Waals surface area (Å²) in [5.74, 6) is 1.77. The van der Waals surface area contributed by atoms with E-state index < -0.39 is 12.0 Å². The molecule has 0 fully saturated rings. The van der Waals surface area contributed by atoms with E-state index >= 15 is 0 Å². The fourth-order valence-corrected chi connectivity index (χ4v) is 6.06. The number of ether oxygens (including phenoxy) is 3. The van der Waals surface area contributed by atoms with Crippen molar-refractivity contribution in [2.24, 2.45) is 4.99 Å². The van der Waals surface area contributed by atoms with Crippen LogP contribution in [0.2, 0.25) is 0 Å². The van der Waals surface area contributed by atoms with Gasteiger partial charge in [0.2, 0.25) is 0 Å². The van der Waals surface area contributed by atoms with Crippen molar-refractivity contribution >= 4 is 23.4 Å². The van der Waals surface area contributed by atoms with Gasteiger partial charge in [-0.1, -0.05) is 11.3 Å². The standard InChI is InChI=1S/C32H32N2O6S/c1-8-39-31(36)28-20(5)33-32-34(29(28)24-15-22(37-6)9-12-26(24)38-7)30(35)27(41-32)16-23-10-11-25(40-23)21-13-17(2)19(4)18(3)14-21/h9-16,29H,8H2,1-7H3/b27-16-. The molecule has 0 amide bonds. The molecule has 0 saturated carbocycles. The van der Waals surface area contributed by atoms with E-state index in [-0.39, 0.29) is 17.7 Å². The second kappa shape index (κ2) is 11.2. The summed E-state index contributed by atoms with van der Waals surface area (Å²) in [5.41, 5.74) is 5.62. The number of hydrogen-bond acceptors (Lipinski definition) is 8. The zero-order valence-corrected chi connectivity index (χ0v) is 25.0. The van der Waals surface area contributed by atoms with Crippen molar-refractivity contribution in [2.75, 3.05) is 20.8 Å². The van der Waals surface area contributed by atoms with E-state index in [2.05, 4.69) is 37.9 Å². The van der Waals surface area contributed by atoms with E-state index in [1.54, 1.807) is 52.3 Å². The number of nitrogens with zero attached hydrogens (tertiary/aromatic N) is 2. The summed E-state index contributed by atoms with van der Waals surface area (Å²) >= 11 is 1.23. The summed E-state index contributed by atoms with van der Waals surface area (Å²) in [6, 6.07) is 12.4. The van der Waals surface area contributed by atoms with Crippen molar-refractivity contribution in [3.63, 3.8) is 0 Å². The lowest BCUT2D eigenvalue weighted by Crippen LogP contribution is -2.40. The highest BCUT2D eigenvalue weighted by atomic mass is 32.1. The van der Waals surface area contributed by atoms with Crippen LogP contribution in [0.25, 0.3) is 17.4 Å². The molecule has 0 saturated heterocycles. The maximum Gasteiger partial charge on any atom is 0.338 e. The molecule has 2 aromatic heterocycles. The topological polar surface area (TPSA) is 92.3 Å². The maximum absolute atomic E-state index is 14.0. The quantitative estimate of drug-likeness (QED) is 0.290. The van der Waals surface area contributed by atoms with Crippen molar-refractivity contribution in [1.82, 2.24) is 4.57 Å². The average Bonchev–Trinajstić information content (AvgIpc) is 3.54. The molecule has 212 valence electrons. The second-order valence-electron chi connectivity index (χ2n) is 9.85. The Bertz CT molecular complexity index is 1850. The first-order valence-corrected chi connectivity index (χ1v) is 14.1. The van der Waals surface area contributed by atoms with Crippen LogP contribution in [0, 0.1) is 20.8 Å². The van der Waals surface area contributed by atoms with E-state index in [0.717, 1.165) is 11.3 Å². The smallest absolute Gasteiger partial charge is 0.338 e. The predicted octanol–water partition coefficient (Wildman–Crippen LogP) is 5.00. The van der Waals surface area contributed by atoms with E-state index in [4.69, 9.17) is 18.6 Å². The Hall–Kier alpha value is -4.37. The summed E-state index contributed by atoms with van der Waals surface area (Å²) in [7, 11) is 3.10. The summed E-state index contributed by atoms with van der Waals surface area (Å²) in [5, 5.41) is 0. The molecule has 1 atom stereocenters. The highest BCUT2D eigenvalue weighted by Gasteiger charge is 2.35. The Morgan fingerprint density at radius 2 is 1.78 bits per heavy atom. The Labute approximate surface area is 241 Å². The zero-order valence-electron chi connectivity index (χ0n) is 24.2. The summed E-state index contributed by atoms with van der Waals surface area (Å²) in [4.78, 5) is 32.3. The fourth-order valence-electron chi connectivity index (χ4n) is 5.03. The molecule has 5 rings (SSSR count). The monoisotopic (exact) mass is 572 g/mol. The van der Waals surface area contributed by atoms with Crippen molar-refractivity contribution < 1.29 is 23.4 Å². The van der Waals surface area contributed by atoms with Crippen LogP contribution in [0.15, 0.2) is 67.9 Å². The van der Waals surface area contributed by atoms with Gasteiger partial charge in [-0.2, -0.15) is 0 Å². The lowest BCUT2D eigenvalue weighted by molar-refractivity contribution is -0.139. The Morgan fingerprint density at radius 1 is 1.05 bits per heavy atom. The lowest BCUT2D eigenvalue weighted by Gasteiger charge is -2.26. The molecule has 0 N–H and O–H groups in total. The third kappa shape index (κ3) is 5.13. The van der Waals surface area contributed by atoms with Gasteiger partial charge in [-0.3, -0.25) is 9.36 Å². The molecule has 4 aromatic rings. The number of aromatic nitrogens is 1. The lowest BCUT2D eigenvalue weighted by atomic mass is 9.95. The number of fused-ring (bicyclic) bond motifs is 1. The van der Waals surface area contributed by atoms with Crippen molar-refractivity contribution in [3.8, 4) is 22.8 Å². The van der Waals surface area contributed by atoms with E-state index in [0.29, 0.717) is 37.9 Å². The average molecular weight is 573 g/mol. The first-order valence-electron chi connectivity index (χ1n) is 13.3. The molecule has 8 nitrogen and oxygen atoms in total. The Morgan fingerprint density at radius 3 is 2.44 bits per heavy atom. The second-order valence-corrected chi connectivity index (χ2v) is 10.9. The summed E-state index contributed by atoms with van der Waals surface area (Å²) in [6.07, 6.45) is 1.71. The van der Waals surface area contributed by atoms with Crippen LogP contribution >= 0.6 is 11.3 Å². The fraction of sp³-hybridized carbons (Fsp3) is 0.281. The van der Waals surface area contributed by atoms with Gasteiger partial charge in [-0.05, 0) is 93.8 Å². The number of carbonyl (C=O) groups excluding carboxylic acids is 1. The number of esters is 1. The molecule has 0 bridgehead atoms. The number of aryl methyl sites for hydroxylation is 2. The number of methoxy groups -OCH3 is 2. The molecule has 0 aliphatic carbocycles. The number of allylic oxidation sites excluding steroid dienone is 1. The molecule has 0 radical (unpaired) electrons. The molecule has 3 heterocycles. The Balaban J connectivity index is 1.67. The first-order chi connectivity index (χ1) is 19.7. The number of carbonyl (C=O) groups is 1. The number of thiazole rings is 1. The van der Waals surface area contributed by atoms with Gasteiger partial charge in [0.25, 0.3) is 5.56 Å². The largest absolute Gasteiger partial charge is 0.497 e. The van der Waals surface area contributed by atoms with Crippen molar-refractivity contribution in [3.05, 3.63) is 101 Å². The van der Waals surface area contributed by atoms with Crippen LogP contribution in [0.5, 0.6) is 11.5 Å². The highest BCUT2D eigenvalue weighted by Crippen LogP contribution is 2.38. The number of benzene rings is 2. The van der Waals surface area contributed by atoms with Gasteiger partial charge in [-0.15, -0.1) is 0 Å². The van der Waals surface area contributed by atoms with E-state index in [1.807, 2.05) is 12.1 Å². The van der Waals surface area contributed by atoms with Crippen molar-refractivity contribution in [2.45, 2.75) is 40.7 Å². The summed E-state index contributed by atoms with van der Waals surface area (Å²) < 4.78 is 24.6. The minimum atomic E-state index is -0.830. The van der Waals surface area contributed by atoms with Gasteiger partial charge in [0.05, 0.1) is 36.6 Å². The molecule has 2 aromatic carbocycles. The molecular weight excluding hydrogens is 540 g/mol. The van der Waals surface area contributed by atoms with Gasteiger partial charge in [-0.25, -0.2) is 9.79 Å². The third-order valence-electron chi connectivity index (χ3n) is 7.36. The molecule has 0 spiro atoms. The van der Waals surface area contributed by atoms with Gasteiger partial charge < -0.3 is 18.6 Å². The third-order valence-corrected chi connectivity index (χ3v) is 8.34. The van der Waals surface area contributed by atoms with Gasteiger partial charge >= 0.3 is 5.97 Å². The van der Waals surface area contributed by atoms with Crippen LogP contribution in [0.1, 0.15) is 47.9 Å². The molecule has 1 aliphatic heterocycles. The van der Waals surface area contributed by atoms with Crippen LogP contribution < -0.4 is 24.4 Å². The van der Waals surface area contributed by atoms with Gasteiger partial charge in [0, 0.05) is 17.2 Å². The summed E-state index contributed by atoms with van der Waals surface area (Å²) in [6.45, 7) is 9.93. The van der Waals surface area contributed by atoms with Crippen LogP contribution in [0.4, 0.5) is 0 Å². The number of hydrogen-bond donors (Lipinski definition) is 0. The van der Waals surface area contributed by atoms with E-state index in [9.17, 15) is 9.59 Å². The first kappa shape index (κ1) is 28.2. The maximum atomic E-state index is 14.0. The van der Waals surface area contributed by atoms with Crippen LogP contribution in [-0.4, -0.2) is 31.4 Å².